The van der Waals surface area contributed by atoms with Gasteiger partial charge in [-0.15, -0.1) is 0 Å². The van der Waals surface area contributed by atoms with Gasteiger partial charge in [0, 0.05) is 63.5 Å². The third-order valence-electron chi connectivity index (χ3n) is 13.4. The van der Waals surface area contributed by atoms with Crippen LogP contribution >= 0.6 is 0 Å². The minimum atomic E-state index is -4.54. The van der Waals surface area contributed by atoms with Crippen molar-refractivity contribution in [2.75, 3.05) is 52.7 Å². The average Bonchev–Trinajstić information content (AvgIpc) is 4.15. The first kappa shape index (κ1) is 52.5. The number of carbonyl (C=O) groups excluding carboxylic acids is 2. The molecule has 0 radical (unpaired) electrons. The summed E-state index contributed by atoms with van der Waals surface area (Å²) in [5, 5.41) is 18.2. The van der Waals surface area contributed by atoms with E-state index in [9.17, 15) is 14.4 Å². The summed E-state index contributed by atoms with van der Waals surface area (Å²) in [6.07, 6.45) is 3.16. The lowest BCUT2D eigenvalue weighted by atomic mass is 10.1. The normalized spacial score (nSPS) is 16.2. The topological polar surface area (TPSA) is 226 Å². The van der Waals surface area contributed by atoms with Crippen molar-refractivity contribution in [2.45, 2.75) is 70.9 Å². The van der Waals surface area contributed by atoms with Crippen molar-refractivity contribution >= 4 is 99.8 Å². The number of benzene rings is 4. The molecule has 10 rings (SSSR count). The standard InChI is InChI=1S/C54H62N10O9Si3/c1-6-7-28-69-29-30-70-33-44(65)55-26-16-31-74(2,3)72-76(73-75(4,5)32-17-27-56-45(66)34-71-35-46(67)68)63-51-40-22-12-13-23-41(40)53(63)61-49-38-20-10-11-21-39(38)50(58-49)62-54-43-25-15-14-24-42(43)52(64(54)76)60-48-37-19-9-8-18-36(37)47(57-48)59-51/h8-15,18-25H,6-7,16-17,26-35H2,1-5H3,(H,55,65)(H,56,66)(H,67,68). The van der Waals surface area contributed by atoms with Crippen molar-refractivity contribution in [1.29, 1.82) is 0 Å². The number of aliphatic carboxylic acids is 1. The van der Waals surface area contributed by atoms with E-state index in [2.05, 4.69) is 52.2 Å². The fourth-order valence-corrected chi connectivity index (χ4v) is 22.5. The maximum absolute atomic E-state index is 13.0. The van der Waals surface area contributed by atoms with Gasteiger partial charge in [-0.2, -0.15) is 0 Å². The molecule has 6 aromatic rings. The molecule has 6 bridgehead atoms. The van der Waals surface area contributed by atoms with E-state index in [0.29, 0.717) is 104 Å². The van der Waals surface area contributed by atoms with Crippen LogP contribution in [0.4, 0.5) is 11.6 Å². The number of hydrogen-bond donors (Lipinski definition) is 3. The Kier molecular flexibility index (Phi) is 15.5. The van der Waals surface area contributed by atoms with Crippen molar-refractivity contribution in [3.8, 4) is 0 Å². The van der Waals surface area contributed by atoms with E-state index in [0.717, 1.165) is 56.6 Å². The summed E-state index contributed by atoms with van der Waals surface area (Å²) in [6, 6.07) is 33.3. The molecule has 4 aromatic carbocycles. The Labute approximate surface area is 442 Å². The Bertz CT molecular complexity index is 3350. The number of amidine groups is 4. The van der Waals surface area contributed by atoms with Crippen molar-refractivity contribution in [1.82, 2.24) is 19.1 Å². The molecule has 0 aliphatic carbocycles. The third-order valence-corrected chi connectivity index (χ3v) is 25.0. The highest BCUT2D eigenvalue weighted by Gasteiger charge is 2.58. The van der Waals surface area contributed by atoms with Crippen LogP contribution in [0.3, 0.4) is 0 Å². The Balaban J connectivity index is 1.17. The smallest absolute Gasteiger partial charge is 0.480 e. The molecule has 4 aliphatic rings. The zero-order valence-corrected chi connectivity index (χ0v) is 46.4. The Hall–Kier alpha value is -6.90. The van der Waals surface area contributed by atoms with Crippen LogP contribution in [0.1, 0.15) is 54.9 Å². The van der Waals surface area contributed by atoms with Gasteiger partial charge in [0.2, 0.25) is 11.8 Å². The van der Waals surface area contributed by atoms with Gasteiger partial charge in [-0.05, 0) is 57.5 Å². The lowest BCUT2D eigenvalue weighted by Crippen LogP contribution is -2.70. The highest BCUT2D eigenvalue weighted by molar-refractivity contribution is 6.88. The van der Waals surface area contributed by atoms with Crippen molar-refractivity contribution in [3.63, 3.8) is 0 Å². The first-order valence-electron chi connectivity index (χ1n) is 25.9. The molecule has 3 N–H and O–H groups in total. The number of fused-ring (bicyclic) bond motifs is 14. The van der Waals surface area contributed by atoms with Crippen LogP contribution in [0.25, 0.3) is 21.5 Å². The summed E-state index contributed by atoms with van der Waals surface area (Å²) in [7, 11) is -10.6. The summed E-state index contributed by atoms with van der Waals surface area (Å²) >= 11 is 0. The maximum atomic E-state index is 13.0. The van der Waals surface area contributed by atoms with Crippen LogP contribution in [0.5, 0.6) is 0 Å². The molecule has 2 amide bonds. The zero-order valence-electron chi connectivity index (χ0n) is 43.4. The van der Waals surface area contributed by atoms with E-state index in [4.69, 9.17) is 57.5 Å². The average molecular weight is 1080 g/mol. The SMILES string of the molecule is CCCCOCCOCC(=O)NCCC[Si](C)(C)O[Si]1(O[Si](C)(C)CCCNC(=O)COCC(=O)O)n2c3c4ccccc4c2N=C2N=C(N=c4c5ccccc5c(n41)=NC1=NC(=N3)c3ccccc31)c1ccccc12. The second kappa shape index (κ2) is 22.4. The second-order valence-corrected chi connectivity index (χ2v) is 31.9. The Morgan fingerprint density at radius 1 is 0.513 bits per heavy atom. The number of aromatic nitrogens is 2. The van der Waals surface area contributed by atoms with Crippen molar-refractivity contribution in [2.24, 2.45) is 30.0 Å². The van der Waals surface area contributed by atoms with Crippen molar-refractivity contribution in [3.05, 3.63) is 130 Å². The van der Waals surface area contributed by atoms with E-state index in [1.807, 2.05) is 97.1 Å². The number of carboxylic acids is 1. The number of rotatable bonds is 24. The van der Waals surface area contributed by atoms with E-state index in [1.165, 1.54) is 0 Å². The predicted molar refractivity (Wildman–Crippen MR) is 298 cm³/mol. The third kappa shape index (κ3) is 10.9. The fraction of sp³-hybridized carbons (Fsp3) is 0.352. The highest BCUT2D eigenvalue weighted by atomic mass is 28.5. The predicted octanol–water partition coefficient (Wildman–Crippen LogP) is 6.76. The molecule has 1 unspecified atom stereocenters. The van der Waals surface area contributed by atoms with Gasteiger partial charge < -0.3 is 38.2 Å². The number of amides is 2. The molecule has 0 fully saturated rings. The second-order valence-electron chi connectivity index (χ2n) is 20.2. The monoisotopic (exact) mass is 1080 g/mol. The lowest BCUT2D eigenvalue weighted by Gasteiger charge is -2.43. The molecule has 1 atom stereocenters. The number of hydrogen-bond acceptors (Lipinski definition) is 14. The molecule has 2 aromatic heterocycles. The van der Waals surface area contributed by atoms with Crippen LogP contribution in [-0.2, 0) is 36.8 Å². The molecule has 76 heavy (non-hydrogen) atoms. The molecule has 0 saturated heterocycles. The van der Waals surface area contributed by atoms with Gasteiger partial charge in [0.05, 0.1) is 13.2 Å². The van der Waals surface area contributed by atoms with Crippen LogP contribution in [-0.4, -0.2) is 133 Å². The fourth-order valence-electron chi connectivity index (χ4n) is 9.91. The number of ether oxygens (including phenoxy) is 3. The van der Waals surface area contributed by atoms with Crippen LogP contribution < -0.4 is 21.6 Å². The van der Waals surface area contributed by atoms with E-state index in [1.54, 1.807) is 0 Å². The van der Waals surface area contributed by atoms with Gasteiger partial charge in [-0.1, -0.05) is 110 Å². The number of nitrogens with one attached hydrogen (secondary N) is 2. The van der Waals surface area contributed by atoms with Crippen LogP contribution in [0.2, 0.25) is 38.3 Å². The number of carbonyl (C=O) groups is 3. The Morgan fingerprint density at radius 2 is 0.934 bits per heavy atom. The van der Waals surface area contributed by atoms with Gasteiger partial charge in [-0.3, -0.25) is 18.1 Å². The Morgan fingerprint density at radius 3 is 1.39 bits per heavy atom. The van der Waals surface area contributed by atoms with Gasteiger partial charge in [0.25, 0.3) is 0 Å². The number of unbranched alkanes of at least 4 members (excludes halogenated alkanes) is 1. The summed E-state index contributed by atoms with van der Waals surface area (Å²) in [5.41, 5.74) is 4.37. The zero-order chi connectivity index (χ0) is 53.0. The van der Waals surface area contributed by atoms with E-state index < -0.39 is 44.0 Å². The summed E-state index contributed by atoms with van der Waals surface area (Å²) in [4.78, 5) is 69.7. The minimum Gasteiger partial charge on any atom is -0.480 e. The van der Waals surface area contributed by atoms with Crippen molar-refractivity contribution < 1.29 is 41.9 Å². The first-order valence-corrected chi connectivity index (χ1v) is 33.8. The molecule has 0 saturated carbocycles. The van der Waals surface area contributed by atoms with Gasteiger partial charge in [-0.25, -0.2) is 34.7 Å². The molecule has 394 valence electrons. The number of carboxylic acid groups (broad SMARTS) is 1. The summed E-state index contributed by atoms with van der Waals surface area (Å²) in [6.45, 7) is 11.9. The number of nitrogens with zero attached hydrogens (tertiary/aromatic N) is 8. The van der Waals surface area contributed by atoms with Gasteiger partial charge in [0.15, 0.2) is 40.0 Å². The van der Waals surface area contributed by atoms with E-state index >= 15 is 0 Å². The van der Waals surface area contributed by atoms with Crippen LogP contribution in [0.15, 0.2) is 127 Å². The number of aliphatic imine (C=N–C) groups is 4. The minimum absolute atomic E-state index is 0.0674. The molecule has 19 nitrogen and oxygen atoms in total. The molecule has 22 heteroatoms. The first-order chi connectivity index (χ1) is 36.8. The quantitative estimate of drug-likeness (QED) is 0.0429. The van der Waals surface area contributed by atoms with Gasteiger partial charge >= 0.3 is 14.9 Å². The lowest BCUT2D eigenvalue weighted by molar-refractivity contribution is -0.143. The molecule has 0 spiro atoms. The maximum Gasteiger partial charge on any atom is 0.582 e. The molecule has 6 heterocycles. The molecular formula is C54H62N10O9Si3. The summed E-state index contributed by atoms with van der Waals surface area (Å²) < 4.78 is 37.0. The highest BCUT2D eigenvalue weighted by Crippen LogP contribution is 2.45. The largest absolute Gasteiger partial charge is 0.582 e. The van der Waals surface area contributed by atoms with E-state index in [-0.39, 0.29) is 19.1 Å². The van der Waals surface area contributed by atoms with Gasteiger partial charge in [0.1, 0.15) is 42.4 Å². The summed E-state index contributed by atoms with van der Waals surface area (Å²) in [5.74, 6) is 1.22. The molecule has 4 aliphatic heterocycles. The molecular weight excluding hydrogens is 1020 g/mol. The van der Waals surface area contributed by atoms with Crippen LogP contribution in [0, 0.1) is 0 Å².